The number of unbranched alkanes of at least 4 members (excludes halogenated alkanes) is 2. The fourth-order valence-electron chi connectivity index (χ4n) is 9.28. The van der Waals surface area contributed by atoms with Gasteiger partial charge in [-0.25, -0.2) is 9.59 Å². The predicted octanol–water partition coefficient (Wildman–Crippen LogP) is 6.66. The Morgan fingerprint density at radius 3 is 2.48 bits per heavy atom. The fourth-order valence-corrected chi connectivity index (χ4v) is 9.28. The molecule has 0 saturated heterocycles. The van der Waals surface area contributed by atoms with Crippen molar-refractivity contribution in [1.82, 2.24) is 10.6 Å². The van der Waals surface area contributed by atoms with Crippen LogP contribution in [-0.4, -0.2) is 59.1 Å². The number of carboxylic acids is 1. The van der Waals surface area contributed by atoms with Crippen LogP contribution in [0.25, 0.3) is 0 Å². The van der Waals surface area contributed by atoms with Gasteiger partial charge in [-0.05, 0) is 117 Å². The number of nitrogens with one attached hydrogen (secondary N) is 2. The van der Waals surface area contributed by atoms with Gasteiger partial charge in [0.25, 0.3) is 0 Å². The van der Waals surface area contributed by atoms with Gasteiger partial charge in [0.05, 0.1) is 0 Å². The number of carbonyl (C=O) groups is 4. The monoisotopic (exact) mass is 685 g/mol. The molecule has 0 aliphatic heterocycles. The molecular formula is C41H55N3O6. The Kier molecular flexibility index (Phi) is 11.6. The number of allylic oxidation sites excluding steroid dienone is 4. The second-order valence-electron chi connectivity index (χ2n) is 15.6. The van der Waals surface area contributed by atoms with Gasteiger partial charge >= 0.3 is 12.0 Å². The Morgan fingerprint density at radius 1 is 1.06 bits per heavy atom. The van der Waals surface area contributed by atoms with Gasteiger partial charge in [0, 0.05) is 43.5 Å². The molecule has 50 heavy (non-hydrogen) atoms. The lowest BCUT2D eigenvalue weighted by Crippen LogP contribution is -2.51. The molecule has 9 nitrogen and oxygen atoms in total. The van der Waals surface area contributed by atoms with Crippen LogP contribution in [0.2, 0.25) is 0 Å². The van der Waals surface area contributed by atoms with Crippen LogP contribution < -0.4 is 15.5 Å². The van der Waals surface area contributed by atoms with Gasteiger partial charge in [-0.1, -0.05) is 50.8 Å². The minimum atomic E-state index is -1.03. The molecule has 0 spiro atoms. The van der Waals surface area contributed by atoms with Crippen LogP contribution in [0.4, 0.5) is 10.5 Å². The summed E-state index contributed by atoms with van der Waals surface area (Å²) in [6.45, 7) is 8.36. The van der Waals surface area contributed by atoms with E-state index in [1.165, 1.54) is 16.7 Å². The number of hydrogen-bond donors (Lipinski definition) is 4. The fraction of sp³-hybridized carbons (Fsp3) is 0.610. The number of fused-ring (bicyclic) bond motifs is 4. The van der Waals surface area contributed by atoms with Crippen LogP contribution in [-0.2, 0) is 14.4 Å². The number of anilines is 1. The number of benzene rings is 1. The van der Waals surface area contributed by atoms with Crippen molar-refractivity contribution in [3.05, 3.63) is 52.6 Å². The zero-order valence-corrected chi connectivity index (χ0v) is 30.4. The lowest BCUT2D eigenvalue weighted by molar-refractivity contribution is -0.142. The first kappa shape index (κ1) is 37.4. The topological polar surface area (TPSA) is 136 Å². The van der Waals surface area contributed by atoms with E-state index in [0.29, 0.717) is 50.5 Å². The molecular weight excluding hydrogens is 630 g/mol. The predicted molar refractivity (Wildman–Crippen MR) is 194 cm³/mol. The molecule has 0 bridgehead atoms. The smallest absolute Gasteiger partial charge is 0.326 e. The number of hydrogen-bond acceptors (Lipinski definition) is 5. The van der Waals surface area contributed by atoms with Gasteiger partial charge in [0.15, 0.2) is 5.78 Å². The summed E-state index contributed by atoms with van der Waals surface area (Å²) >= 11 is 0. The second kappa shape index (κ2) is 15.6. The molecule has 270 valence electrons. The molecule has 2 fully saturated rings. The third-order valence-corrected chi connectivity index (χ3v) is 11.9. The molecule has 0 heterocycles. The molecule has 0 radical (unpaired) electrons. The third-order valence-electron chi connectivity index (χ3n) is 11.9. The standard InChI is InChI=1S/C41H55N3O6/c1-6-20-41(50)21-19-34-32-17-13-28-24-30(45)16-18-31(28)37(32)33(25-40(34,41)4)27-11-14-29(15-12-27)44(5)39(49)42-22-9-7-8-10-36(46)43-35(38(47)48)23-26(2)3/h11-12,14-15,24,26,32-35,50H,7-10,13,16-19,21-23,25H2,1-5H3,(H,42,49)(H,43,46)(H,47,48)/t32-,33+,34-,35-,40-,41-/m0/s1. The van der Waals surface area contributed by atoms with Gasteiger partial charge in [-0.3, -0.25) is 14.5 Å². The van der Waals surface area contributed by atoms with E-state index in [0.717, 1.165) is 49.8 Å². The number of carbonyl (C=O) groups excluding carboxylic acids is 3. The largest absolute Gasteiger partial charge is 0.480 e. The van der Waals surface area contributed by atoms with E-state index >= 15 is 0 Å². The van der Waals surface area contributed by atoms with E-state index in [-0.39, 0.29) is 41.4 Å². The van der Waals surface area contributed by atoms with Crippen LogP contribution in [0.3, 0.4) is 0 Å². The second-order valence-corrected chi connectivity index (χ2v) is 15.6. The molecule has 1 aromatic carbocycles. The van der Waals surface area contributed by atoms with Crippen molar-refractivity contribution < 1.29 is 29.4 Å². The van der Waals surface area contributed by atoms with Crippen molar-refractivity contribution >= 4 is 29.4 Å². The Morgan fingerprint density at radius 2 is 1.80 bits per heavy atom. The van der Waals surface area contributed by atoms with Gasteiger partial charge in [0.2, 0.25) is 5.91 Å². The average molecular weight is 686 g/mol. The maximum Gasteiger partial charge on any atom is 0.326 e. The molecule has 0 unspecified atom stereocenters. The van der Waals surface area contributed by atoms with Crippen molar-refractivity contribution in [1.29, 1.82) is 0 Å². The lowest BCUT2D eigenvalue weighted by Gasteiger charge is -2.53. The highest BCUT2D eigenvalue weighted by Gasteiger charge is 2.62. The highest BCUT2D eigenvalue weighted by molar-refractivity contribution is 5.93. The van der Waals surface area contributed by atoms with E-state index in [2.05, 4.69) is 41.5 Å². The number of rotatable bonds is 12. The zero-order chi connectivity index (χ0) is 36.2. The van der Waals surface area contributed by atoms with Crippen LogP contribution >= 0.6 is 0 Å². The van der Waals surface area contributed by atoms with Crippen molar-refractivity contribution in [3.8, 4) is 11.8 Å². The summed E-state index contributed by atoms with van der Waals surface area (Å²) in [5.74, 6) is 6.14. The number of nitrogens with zero attached hydrogens (tertiary/aromatic N) is 1. The number of amides is 3. The molecule has 0 aromatic heterocycles. The molecule has 1 aromatic rings. The van der Waals surface area contributed by atoms with E-state index in [1.54, 1.807) is 18.9 Å². The van der Waals surface area contributed by atoms with Crippen LogP contribution in [0, 0.1) is 35.0 Å². The normalized spacial score (nSPS) is 27.6. The van der Waals surface area contributed by atoms with E-state index in [4.69, 9.17) is 0 Å². The number of aliphatic carboxylic acids is 1. The van der Waals surface area contributed by atoms with Crippen molar-refractivity contribution in [2.75, 3.05) is 18.5 Å². The first-order chi connectivity index (χ1) is 23.8. The maximum atomic E-state index is 13.0. The maximum absolute atomic E-state index is 13.0. The molecule has 4 aliphatic rings. The van der Waals surface area contributed by atoms with Crippen LogP contribution in [0.1, 0.15) is 116 Å². The average Bonchev–Trinajstić information content (AvgIpc) is 3.34. The van der Waals surface area contributed by atoms with Gasteiger partial charge in [0.1, 0.15) is 11.6 Å². The summed E-state index contributed by atoms with van der Waals surface area (Å²) < 4.78 is 0. The minimum absolute atomic E-state index is 0.0944. The molecule has 5 rings (SSSR count). The van der Waals surface area contributed by atoms with Gasteiger partial charge in [-0.15, -0.1) is 5.92 Å². The molecule has 3 amide bonds. The van der Waals surface area contributed by atoms with Gasteiger partial charge < -0.3 is 20.8 Å². The Labute approximate surface area is 297 Å². The number of urea groups is 1. The molecule has 9 heteroatoms. The van der Waals surface area contributed by atoms with Crippen molar-refractivity contribution in [3.63, 3.8) is 0 Å². The molecule has 2 saturated carbocycles. The van der Waals surface area contributed by atoms with E-state index < -0.39 is 17.6 Å². The molecule has 4 N–H and O–H groups in total. The van der Waals surface area contributed by atoms with Crippen molar-refractivity contribution in [2.24, 2.45) is 23.2 Å². The lowest BCUT2D eigenvalue weighted by atomic mass is 9.51. The third kappa shape index (κ3) is 7.71. The Bertz CT molecular complexity index is 1600. The first-order valence-corrected chi connectivity index (χ1v) is 18.5. The Hall–Kier alpha value is -3.90. The number of carboxylic acid groups (broad SMARTS) is 1. The SMILES string of the molecule is CC#C[C@]1(O)CC[C@H]2[C@@H]3CCC4=CC(=O)CCC4=C3[C@@H](c3ccc(N(C)C(=O)NCCCCCC(=O)N[C@@H](CC(C)C)C(=O)O)cc3)C[C@@]21C. The summed E-state index contributed by atoms with van der Waals surface area (Å²) in [7, 11) is 1.75. The highest BCUT2D eigenvalue weighted by Crippen LogP contribution is 2.66. The molecule has 4 aliphatic carbocycles. The van der Waals surface area contributed by atoms with E-state index in [9.17, 15) is 29.4 Å². The van der Waals surface area contributed by atoms with E-state index in [1.807, 2.05) is 32.1 Å². The Balaban J connectivity index is 1.21. The molecule has 6 atom stereocenters. The quantitative estimate of drug-likeness (QED) is 0.144. The van der Waals surface area contributed by atoms with Crippen LogP contribution in [0.5, 0.6) is 0 Å². The summed E-state index contributed by atoms with van der Waals surface area (Å²) in [6, 6.07) is 7.13. The number of aliphatic hydroxyl groups is 1. The summed E-state index contributed by atoms with van der Waals surface area (Å²) in [4.78, 5) is 50.6. The highest BCUT2D eigenvalue weighted by atomic mass is 16.4. The zero-order valence-electron chi connectivity index (χ0n) is 30.4. The van der Waals surface area contributed by atoms with Crippen LogP contribution in [0.15, 0.2) is 47.1 Å². The van der Waals surface area contributed by atoms with Gasteiger partial charge in [-0.2, -0.15) is 0 Å². The summed E-state index contributed by atoms with van der Waals surface area (Å²) in [5, 5.41) is 26.9. The first-order valence-electron chi connectivity index (χ1n) is 18.5. The number of ketones is 1. The minimum Gasteiger partial charge on any atom is -0.480 e. The van der Waals surface area contributed by atoms with Crippen molar-refractivity contribution in [2.45, 2.75) is 122 Å². The summed E-state index contributed by atoms with van der Waals surface area (Å²) in [6.07, 6.45) is 10.2. The summed E-state index contributed by atoms with van der Waals surface area (Å²) in [5.41, 5.74) is 4.58.